The van der Waals surface area contributed by atoms with Gasteiger partial charge in [-0.15, -0.1) is 24.0 Å². The van der Waals surface area contributed by atoms with E-state index in [-0.39, 0.29) is 29.9 Å². The molecular weight excluding hydrogens is 479 g/mol. The maximum atomic E-state index is 11.8. The van der Waals surface area contributed by atoms with Gasteiger partial charge in [-0.2, -0.15) is 5.10 Å². The number of guanidine groups is 1. The molecule has 1 fully saturated rings. The van der Waals surface area contributed by atoms with Gasteiger partial charge in [0.05, 0.1) is 5.69 Å². The highest BCUT2D eigenvalue weighted by atomic mass is 127. The first-order valence-electron chi connectivity index (χ1n) is 9.82. The van der Waals surface area contributed by atoms with Crippen molar-refractivity contribution >= 4 is 41.5 Å². The largest absolute Gasteiger partial charge is 0.356 e. The van der Waals surface area contributed by atoms with Crippen LogP contribution in [0.3, 0.4) is 0 Å². The van der Waals surface area contributed by atoms with Crippen LogP contribution in [0.15, 0.2) is 29.3 Å². The Hall–Kier alpha value is -2.10. The number of anilines is 1. The third kappa shape index (κ3) is 5.71. The first-order valence-corrected chi connectivity index (χ1v) is 9.82. The van der Waals surface area contributed by atoms with E-state index in [1.165, 1.54) is 11.3 Å². The zero-order chi connectivity index (χ0) is 20.1. The molecule has 0 bridgehead atoms. The number of hydrogen-bond donors (Lipinski definition) is 2. The van der Waals surface area contributed by atoms with Crippen molar-refractivity contribution in [2.24, 2.45) is 12.0 Å². The average molecular weight is 510 g/mol. The molecule has 2 heterocycles. The Morgan fingerprint density at radius 2 is 1.93 bits per heavy atom. The summed E-state index contributed by atoms with van der Waals surface area (Å²) in [5.74, 6) is 0.993. The Labute approximate surface area is 190 Å². The van der Waals surface area contributed by atoms with Crippen LogP contribution in [-0.2, 0) is 24.8 Å². The lowest BCUT2D eigenvalue weighted by Crippen LogP contribution is -2.37. The smallest absolute Gasteiger partial charge is 0.227 e. The first-order chi connectivity index (χ1) is 13.5. The van der Waals surface area contributed by atoms with Gasteiger partial charge in [-0.25, -0.2) is 0 Å². The Morgan fingerprint density at radius 1 is 1.21 bits per heavy atom. The Morgan fingerprint density at radius 3 is 2.48 bits per heavy atom. The number of benzene rings is 1. The molecule has 1 saturated heterocycles. The predicted molar refractivity (Wildman–Crippen MR) is 128 cm³/mol. The minimum Gasteiger partial charge on any atom is -0.356 e. The highest BCUT2D eigenvalue weighted by Crippen LogP contribution is 2.21. The molecule has 7 nitrogen and oxygen atoms in total. The van der Waals surface area contributed by atoms with Crippen molar-refractivity contribution in [3.63, 3.8) is 0 Å². The fourth-order valence-corrected chi connectivity index (χ4v) is 3.61. The van der Waals surface area contributed by atoms with Crippen molar-refractivity contribution in [1.82, 2.24) is 20.4 Å². The predicted octanol–water partition coefficient (Wildman–Crippen LogP) is 2.69. The lowest BCUT2D eigenvalue weighted by atomic mass is 10.1. The van der Waals surface area contributed by atoms with Gasteiger partial charge in [0.1, 0.15) is 0 Å². The molecule has 1 aromatic heterocycles. The van der Waals surface area contributed by atoms with Gasteiger partial charge in [-0.05, 0) is 49.9 Å². The minimum absolute atomic E-state index is 0. The second kappa shape index (κ2) is 10.6. The summed E-state index contributed by atoms with van der Waals surface area (Å²) in [5.41, 5.74) is 5.71. The molecule has 0 radical (unpaired) electrons. The zero-order valence-electron chi connectivity index (χ0n) is 17.7. The maximum absolute atomic E-state index is 11.8. The first kappa shape index (κ1) is 23.2. The molecule has 3 rings (SSSR count). The quantitative estimate of drug-likeness (QED) is 0.356. The number of nitrogens with one attached hydrogen (secondary N) is 2. The van der Waals surface area contributed by atoms with E-state index < -0.39 is 0 Å². The van der Waals surface area contributed by atoms with Crippen LogP contribution in [-0.4, -0.2) is 41.8 Å². The number of aromatic nitrogens is 2. The second-order valence-electron chi connectivity index (χ2n) is 7.19. The van der Waals surface area contributed by atoms with Crippen LogP contribution >= 0.6 is 24.0 Å². The third-order valence-corrected chi connectivity index (χ3v) is 5.33. The summed E-state index contributed by atoms with van der Waals surface area (Å²) in [6, 6.07) is 8.15. The van der Waals surface area contributed by atoms with Crippen LogP contribution in [0.25, 0.3) is 0 Å². The van der Waals surface area contributed by atoms with Gasteiger partial charge >= 0.3 is 0 Å². The van der Waals surface area contributed by atoms with Crippen molar-refractivity contribution in [3.8, 4) is 0 Å². The molecule has 2 aromatic rings. The summed E-state index contributed by atoms with van der Waals surface area (Å²) >= 11 is 0. The molecule has 158 valence electrons. The maximum Gasteiger partial charge on any atom is 0.227 e. The van der Waals surface area contributed by atoms with Crippen LogP contribution in [0.4, 0.5) is 5.69 Å². The monoisotopic (exact) mass is 510 g/mol. The average Bonchev–Trinajstić information content (AvgIpc) is 3.22. The molecule has 1 amide bonds. The van der Waals surface area contributed by atoms with E-state index in [9.17, 15) is 4.79 Å². The Balaban J connectivity index is 0.00000300. The van der Waals surface area contributed by atoms with Crippen LogP contribution in [0.2, 0.25) is 0 Å². The lowest BCUT2D eigenvalue weighted by Gasteiger charge is -2.16. The van der Waals surface area contributed by atoms with Crippen LogP contribution in [0.5, 0.6) is 0 Å². The van der Waals surface area contributed by atoms with Gasteiger partial charge < -0.3 is 15.5 Å². The molecule has 0 saturated carbocycles. The number of nitrogens with zero attached hydrogens (tertiary/aromatic N) is 4. The number of aliphatic imine (C=N–C) groups is 1. The Bertz CT molecular complexity index is 859. The number of hydrogen-bond acceptors (Lipinski definition) is 3. The number of aryl methyl sites for hydroxylation is 2. The summed E-state index contributed by atoms with van der Waals surface area (Å²) in [6.07, 6.45) is 2.51. The molecule has 29 heavy (non-hydrogen) atoms. The van der Waals surface area contributed by atoms with Gasteiger partial charge in [0.2, 0.25) is 5.91 Å². The topological polar surface area (TPSA) is 74.6 Å². The van der Waals surface area contributed by atoms with E-state index in [1.54, 1.807) is 7.05 Å². The Kier molecular flexibility index (Phi) is 8.48. The van der Waals surface area contributed by atoms with Crippen molar-refractivity contribution in [3.05, 3.63) is 46.8 Å². The number of halogens is 1. The van der Waals surface area contributed by atoms with Crippen LogP contribution < -0.4 is 15.5 Å². The summed E-state index contributed by atoms with van der Waals surface area (Å²) in [4.78, 5) is 18.0. The van der Waals surface area contributed by atoms with E-state index >= 15 is 0 Å². The second-order valence-corrected chi connectivity index (χ2v) is 7.19. The summed E-state index contributed by atoms with van der Waals surface area (Å²) < 4.78 is 1.93. The van der Waals surface area contributed by atoms with Crippen LogP contribution in [0.1, 0.15) is 35.4 Å². The molecule has 0 spiro atoms. The van der Waals surface area contributed by atoms with Gasteiger partial charge in [-0.1, -0.05) is 12.1 Å². The fraction of sp³-hybridized carbons (Fsp3) is 0.476. The fourth-order valence-electron chi connectivity index (χ4n) is 3.61. The summed E-state index contributed by atoms with van der Waals surface area (Å²) in [6.45, 7) is 6.45. The van der Waals surface area contributed by atoms with Crippen molar-refractivity contribution in [1.29, 1.82) is 0 Å². The van der Waals surface area contributed by atoms with E-state index in [0.717, 1.165) is 48.8 Å². The van der Waals surface area contributed by atoms with Gasteiger partial charge in [0.15, 0.2) is 5.96 Å². The molecule has 0 atom stereocenters. The molecule has 8 heteroatoms. The van der Waals surface area contributed by atoms with E-state index in [2.05, 4.69) is 46.7 Å². The number of carbonyl (C=O) groups excluding carboxylic acids is 1. The van der Waals surface area contributed by atoms with E-state index in [0.29, 0.717) is 13.0 Å². The third-order valence-electron chi connectivity index (χ3n) is 5.33. The highest BCUT2D eigenvalue weighted by Gasteiger charge is 2.21. The van der Waals surface area contributed by atoms with Gasteiger partial charge in [0.25, 0.3) is 0 Å². The molecule has 1 aliphatic rings. The molecule has 1 aliphatic heterocycles. The summed E-state index contributed by atoms with van der Waals surface area (Å²) in [7, 11) is 3.75. The van der Waals surface area contributed by atoms with E-state index in [4.69, 9.17) is 0 Å². The van der Waals surface area contributed by atoms with Gasteiger partial charge in [-0.3, -0.25) is 14.5 Å². The van der Waals surface area contributed by atoms with Gasteiger partial charge in [0, 0.05) is 51.5 Å². The molecule has 0 aliphatic carbocycles. The number of amides is 1. The molecular formula is C21H31IN6O. The molecule has 1 aromatic carbocycles. The van der Waals surface area contributed by atoms with Crippen molar-refractivity contribution in [2.45, 2.75) is 39.7 Å². The lowest BCUT2D eigenvalue weighted by molar-refractivity contribution is -0.117. The normalized spacial score (nSPS) is 14.1. The number of carbonyl (C=O) groups is 1. The highest BCUT2D eigenvalue weighted by molar-refractivity contribution is 14.0. The summed E-state index contributed by atoms with van der Waals surface area (Å²) in [5, 5.41) is 11.2. The molecule has 2 N–H and O–H groups in total. The van der Waals surface area contributed by atoms with E-state index in [1.807, 2.05) is 28.8 Å². The minimum atomic E-state index is 0. The molecule has 0 unspecified atom stereocenters. The van der Waals surface area contributed by atoms with Crippen molar-refractivity contribution in [2.75, 3.05) is 25.0 Å². The standard InChI is InChI=1S/C21H30N6O.HI/c1-15-19(16(2)26(4)25-15)11-12-23-21(22-3)24-14-17-7-9-18(10-8-17)27-13-5-6-20(27)28;/h7-10H,5-6,11-14H2,1-4H3,(H2,22,23,24);1H. The zero-order valence-corrected chi connectivity index (χ0v) is 20.0. The number of rotatable bonds is 6. The SMILES string of the molecule is CN=C(NCCc1c(C)nn(C)c1C)NCc1ccc(N2CCCC2=O)cc1.I. The van der Waals surface area contributed by atoms with Crippen LogP contribution in [0, 0.1) is 13.8 Å². The van der Waals surface area contributed by atoms with Crippen molar-refractivity contribution < 1.29 is 4.79 Å².